The van der Waals surface area contributed by atoms with Crippen LogP contribution in [0.25, 0.3) is 0 Å². The molecule has 1 saturated carbocycles. The molecule has 1 atom stereocenters. The van der Waals surface area contributed by atoms with Crippen LogP contribution < -0.4 is 10.1 Å². The second-order valence-corrected chi connectivity index (χ2v) is 6.94. The Kier molecular flexibility index (Phi) is 4.63. The zero-order valence-corrected chi connectivity index (χ0v) is 13.8. The third-order valence-electron chi connectivity index (χ3n) is 3.98. The van der Waals surface area contributed by atoms with Crippen molar-refractivity contribution in [3.05, 3.63) is 46.3 Å². The number of thiophene rings is 1. The molecule has 1 fully saturated rings. The first-order chi connectivity index (χ1) is 11.0. The number of hydrogen-bond acceptors (Lipinski definition) is 5. The predicted molar refractivity (Wildman–Crippen MR) is 88.7 cm³/mol. The molecular formula is C17H20N2O3S. The number of hydrogen-bond donors (Lipinski definition) is 2. The second-order valence-electron chi connectivity index (χ2n) is 5.99. The van der Waals surface area contributed by atoms with E-state index in [-0.39, 0.29) is 18.6 Å². The lowest BCUT2D eigenvalue weighted by molar-refractivity contribution is 0.0556. The Morgan fingerprint density at radius 1 is 1.52 bits per heavy atom. The molecule has 0 aromatic carbocycles. The van der Waals surface area contributed by atoms with Gasteiger partial charge < -0.3 is 15.2 Å². The van der Waals surface area contributed by atoms with Gasteiger partial charge in [0, 0.05) is 22.7 Å². The Balaban J connectivity index is 1.60. The summed E-state index contributed by atoms with van der Waals surface area (Å²) in [5, 5.41) is 15.1. The summed E-state index contributed by atoms with van der Waals surface area (Å²) < 4.78 is 5.71. The number of ether oxygens (including phenoxy) is 1. The van der Waals surface area contributed by atoms with Crippen molar-refractivity contribution in [2.45, 2.75) is 37.9 Å². The van der Waals surface area contributed by atoms with E-state index >= 15 is 0 Å². The maximum atomic E-state index is 12.3. The summed E-state index contributed by atoms with van der Waals surface area (Å²) in [5.74, 6) is 0.232. The number of rotatable bonds is 6. The highest BCUT2D eigenvalue weighted by Gasteiger charge is 2.25. The monoisotopic (exact) mass is 332 g/mol. The SMILES string of the molecule is CC(O)(CNC(=O)c1ccnc(OC2CCC2)c1)c1cccs1. The molecule has 1 unspecified atom stereocenters. The largest absolute Gasteiger partial charge is 0.474 e. The number of pyridine rings is 1. The third kappa shape index (κ3) is 3.89. The van der Waals surface area contributed by atoms with E-state index < -0.39 is 5.60 Å². The van der Waals surface area contributed by atoms with Crippen LogP contribution in [0.3, 0.4) is 0 Å². The summed E-state index contributed by atoms with van der Waals surface area (Å²) in [6.07, 6.45) is 5.06. The number of carbonyl (C=O) groups excluding carboxylic acids is 1. The molecule has 0 aliphatic heterocycles. The van der Waals surface area contributed by atoms with E-state index in [4.69, 9.17) is 4.74 Å². The van der Waals surface area contributed by atoms with Crippen LogP contribution in [0.15, 0.2) is 35.8 Å². The molecule has 6 heteroatoms. The van der Waals surface area contributed by atoms with Gasteiger partial charge in [-0.25, -0.2) is 4.98 Å². The fourth-order valence-electron chi connectivity index (χ4n) is 2.30. The van der Waals surface area contributed by atoms with Gasteiger partial charge in [0.05, 0.1) is 6.54 Å². The standard InChI is InChI=1S/C17H20N2O3S/c1-17(21,14-6-3-9-23-14)11-19-16(20)12-7-8-18-15(10-12)22-13-4-2-5-13/h3,6-10,13,21H,2,4-5,11H2,1H3,(H,19,20). The van der Waals surface area contributed by atoms with Gasteiger partial charge in [-0.1, -0.05) is 6.07 Å². The first-order valence-corrected chi connectivity index (χ1v) is 8.60. The highest BCUT2D eigenvalue weighted by molar-refractivity contribution is 7.10. The average molecular weight is 332 g/mol. The molecule has 3 rings (SSSR count). The molecule has 0 spiro atoms. The Morgan fingerprint density at radius 2 is 2.35 bits per heavy atom. The van der Waals surface area contributed by atoms with Crippen LogP contribution >= 0.6 is 11.3 Å². The minimum Gasteiger partial charge on any atom is -0.474 e. The van der Waals surface area contributed by atoms with E-state index in [0.29, 0.717) is 11.4 Å². The first-order valence-electron chi connectivity index (χ1n) is 7.72. The van der Waals surface area contributed by atoms with Gasteiger partial charge in [-0.15, -0.1) is 11.3 Å². The van der Waals surface area contributed by atoms with Crippen LogP contribution in [0.1, 0.15) is 41.4 Å². The zero-order valence-electron chi connectivity index (χ0n) is 13.0. The summed E-state index contributed by atoms with van der Waals surface area (Å²) >= 11 is 1.46. The summed E-state index contributed by atoms with van der Waals surface area (Å²) in [6, 6.07) is 7.02. The van der Waals surface area contributed by atoms with Crippen molar-refractivity contribution in [3.8, 4) is 5.88 Å². The maximum Gasteiger partial charge on any atom is 0.251 e. The number of aromatic nitrogens is 1. The van der Waals surface area contributed by atoms with Gasteiger partial charge in [0.2, 0.25) is 5.88 Å². The van der Waals surface area contributed by atoms with E-state index in [2.05, 4.69) is 10.3 Å². The third-order valence-corrected chi connectivity index (χ3v) is 5.10. The van der Waals surface area contributed by atoms with Gasteiger partial charge in [0.15, 0.2) is 0 Å². The lowest BCUT2D eigenvalue weighted by Gasteiger charge is -2.25. The minimum atomic E-state index is -1.08. The lowest BCUT2D eigenvalue weighted by Crippen LogP contribution is -2.38. The molecule has 1 aliphatic carbocycles. The number of carbonyl (C=O) groups is 1. The molecule has 2 aromatic heterocycles. The Morgan fingerprint density at radius 3 is 3.00 bits per heavy atom. The van der Waals surface area contributed by atoms with E-state index in [0.717, 1.165) is 17.7 Å². The average Bonchev–Trinajstić information content (AvgIpc) is 3.04. The molecule has 5 nitrogen and oxygen atoms in total. The molecule has 2 heterocycles. The molecule has 2 aromatic rings. The van der Waals surface area contributed by atoms with E-state index in [1.807, 2.05) is 17.5 Å². The summed E-state index contributed by atoms with van der Waals surface area (Å²) in [5.41, 5.74) is -0.599. The van der Waals surface area contributed by atoms with Crippen LogP contribution in [-0.2, 0) is 5.60 Å². The van der Waals surface area contributed by atoms with Crippen molar-refractivity contribution >= 4 is 17.2 Å². The minimum absolute atomic E-state index is 0.146. The quantitative estimate of drug-likeness (QED) is 0.853. The highest BCUT2D eigenvalue weighted by atomic mass is 32.1. The molecule has 23 heavy (non-hydrogen) atoms. The zero-order chi connectivity index (χ0) is 16.3. The Hall–Kier alpha value is -1.92. The molecule has 2 N–H and O–H groups in total. The Labute approximate surface area is 139 Å². The maximum absolute atomic E-state index is 12.3. The van der Waals surface area contributed by atoms with Crippen LogP contribution in [0, 0.1) is 0 Å². The van der Waals surface area contributed by atoms with E-state index in [9.17, 15) is 9.90 Å². The lowest BCUT2D eigenvalue weighted by atomic mass is 9.96. The van der Waals surface area contributed by atoms with Crippen LogP contribution in [0.5, 0.6) is 5.88 Å². The van der Waals surface area contributed by atoms with Crippen molar-refractivity contribution in [1.29, 1.82) is 0 Å². The van der Waals surface area contributed by atoms with Crippen LogP contribution in [0.2, 0.25) is 0 Å². The second kappa shape index (κ2) is 6.68. The van der Waals surface area contributed by atoms with Crippen molar-refractivity contribution in [2.24, 2.45) is 0 Å². The van der Waals surface area contributed by atoms with Crippen molar-refractivity contribution in [2.75, 3.05) is 6.54 Å². The van der Waals surface area contributed by atoms with Gasteiger partial charge >= 0.3 is 0 Å². The van der Waals surface area contributed by atoms with Gasteiger partial charge in [-0.05, 0) is 43.7 Å². The fourth-order valence-corrected chi connectivity index (χ4v) is 3.09. The summed E-state index contributed by atoms with van der Waals surface area (Å²) in [4.78, 5) is 17.2. The smallest absolute Gasteiger partial charge is 0.251 e. The molecule has 122 valence electrons. The van der Waals surface area contributed by atoms with Crippen molar-refractivity contribution in [1.82, 2.24) is 10.3 Å². The molecule has 0 radical (unpaired) electrons. The van der Waals surface area contributed by atoms with Crippen LogP contribution in [0.4, 0.5) is 0 Å². The summed E-state index contributed by atoms with van der Waals surface area (Å²) in [6.45, 7) is 1.84. The molecule has 0 saturated heterocycles. The number of aliphatic hydroxyl groups is 1. The Bertz CT molecular complexity index is 666. The molecule has 0 bridgehead atoms. The van der Waals surface area contributed by atoms with Crippen molar-refractivity contribution < 1.29 is 14.6 Å². The van der Waals surface area contributed by atoms with Crippen LogP contribution in [-0.4, -0.2) is 28.6 Å². The van der Waals surface area contributed by atoms with E-state index in [1.165, 1.54) is 17.8 Å². The molecule has 1 aliphatic rings. The van der Waals surface area contributed by atoms with E-state index in [1.54, 1.807) is 25.3 Å². The highest BCUT2D eigenvalue weighted by Crippen LogP contribution is 2.25. The van der Waals surface area contributed by atoms with Gasteiger partial charge in [0.1, 0.15) is 11.7 Å². The normalized spacial score (nSPS) is 17.1. The summed E-state index contributed by atoms with van der Waals surface area (Å²) in [7, 11) is 0. The number of amides is 1. The van der Waals surface area contributed by atoms with Gasteiger partial charge in [0.25, 0.3) is 5.91 Å². The number of nitrogens with one attached hydrogen (secondary N) is 1. The molecule has 1 amide bonds. The number of nitrogens with zero attached hydrogens (tertiary/aromatic N) is 1. The predicted octanol–water partition coefficient (Wildman–Crippen LogP) is 2.71. The topological polar surface area (TPSA) is 71.5 Å². The van der Waals surface area contributed by atoms with Gasteiger partial charge in [-0.3, -0.25) is 4.79 Å². The van der Waals surface area contributed by atoms with Gasteiger partial charge in [-0.2, -0.15) is 0 Å². The first kappa shape index (κ1) is 16.0. The van der Waals surface area contributed by atoms with Crippen molar-refractivity contribution in [3.63, 3.8) is 0 Å². The fraction of sp³-hybridized carbons (Fsp3) is 0.412. The molecular weight excluding hydrogens is 312 g/mol.